The molecule has 4 nitrogen and oxygen atoms in total. The molecule has 0 atom stereocenters. The van der Waals surface area contributed by atoms with Crippen LogP contribution in [0.15, 0.2) is 18.3 Å². The van der Waals surface area contributed by atoms with E-state index in [1.807, 2.05) is 0 Å². The summed E-state index contributed by atoms with van der Waals surface area (Å²) in [6, 6.07) is 3.57. The minimum Gasteiger partial charge on any atom is -0.324 e. The maximum atomic E-state index is 5.75. The largest absolute Gasteiger partial charge is 0.324 e. The Labute approximate surface area is 74.0 Å². The van der Waals surface area contributed by atoms with E-state index in [4.69, 9.17) is 17.3 Å². The highest BCUT2D eigenvalue weighted by Gasteiger charge is 2.00. The topological polar surface area (TPSA) is 56.2 Å². The van der Waals surface area contributed by atoms with Crippen molar-refractivity contribution in [2.24, 2.45) is 5.73 Å². The van der Waals surface area contributed by atoms with Crippen molar-refractivity contribution in [2.75, 3.05) is 0 Å². The van der Waals surface area contributed by atoms with Gasteiger partial charge in [0.2, 0.25) is 0 Å². The fraction of sp³-hybridized carbons (Fsp3) is 0.143. The van der Waals surface area contributed by atoms with E-state index in [-0.39, 0.29) is 0 Å². The summed E-state index contributed by atoms with van der Waals surface area (Å²) in [4.78, 5) is 4.14. The van der Waals surface area contributed by atoms with Gasteiger partial charge in [-0.25, -0.2) is 9.50 Å². The van der Waals surface area contributed by atoms with Gasteiger partial charge < -0.3 is 5.73 Å². The van der Waals surface area contributed by atoms with Gasteiger partial charge in [-0.05, 0) is 12.1 Å². The lowest BCUT2D eigenvalue weighted by Gasteiger charge is -1.89. The van der Waals surface area contributed by atoms with Crippen LogP contribution in [-0.4, -0.2) is 14.6 Å². The molecule has 0 aromatic carbocycles. The number of pyridine rings is 1. The zero-order chi connectivity index (χ0) is 8.55. The first-order valence-corrected chi connectivity index (χ1v) is 3.88. The number of hydrogen-bond donors (Lipinski definition) is 1. The van der Waals surface area contributed by atoms with Crippen molar-refractivity contribution in [1.82, 2.24) is 14.6 Å². The van der Waals surface area contributed by atoms with Gasteiger partial charge in [0.05, 0.1) is 11.6 Å². The average Bonchev–Trinajstić information content (AvgIpc) is 2.46. The molecule has 2 N–H and O–H groups in total. The summed E-state index contributed by atoms with van der Waals surface area (Å²) < 4.78 is 1.62. The summed E-state index contributed by atoms with van der Waals surface area (Å²) in [6.07, 6.45) is 1.70. The molecule has 2 aromatic rings. The maximum Gasteiger partial charge on any atom is 0.165 e. The Bertz CT molecular complexity index is 409. The third-order valence-electron chi connectivity index (χ3n) is 1.52. The predicted octanol–water partition coefficient (Wildman–Crippen LogP) is 0.841. The molecule has 2 heterocycles. The minimum atomic E-state index is 0.347. The molecule has 0 amide bonds. The van der Waals surface area contributed by atoms with Crippen LogP contribution < -0.4 is 5.73 Å². The molecule has 0 unspecified atom stereocenters. The number of aromatic nitrogens is 3. The number of hydrogen-bond acceptors (Lipinski definition) is 3. The lowest BCUT2D eigenvalue weighted by atomic mass is 10.5. The highest BCUT2D eigenvalue weighted by atomic mass is 35.5. The summed E-state index contributed by atoms with van der Waals surface area (Å²) >= 11 is 5.75. The summed E-state index contributed by atoms with van der Waals surface area (Å²) in [6.45, 7) is 0.347. The Hall–Kier alpha value is -1.13. The van der Waals surface area contributed by atoms with Crippen LogP contribution in [0.3, 0.4) is 0 Å². The van der Waals surface area contributed by atoms with Crippen LogP contribution in [0.4, 0.5) is 0 Å². The van der Waals surface area contributed by atoms with Gasteiger partial charge in [-0.3, -0.25) is 0 Å². The van der Waals surface area contributed by atoms with Crippen molar-refractivity contribution < 1.29 is 0 Å². The van der Waals surface area contributed by atoms with Gasteiger partial charge in [-0.2, -0.15) is 0 Å². The smallest absolute Gasteiger partial charge is 0.165 e. The van der Waals surface area contributed by atoms with E-state index in [0.29, 0.717) is 17.4 Å². The van der Waals surface area contributed by atoms with E-state index in [1.165, 1.54) is 0 Å². The van der Waals surface area contributed by atoms with Crippen LogP contribution in [-0.2, 0) is 6.54 Å². The highest BCUT2D eigenvalue weighted by molar-refractivity contribution is 6.30. The molecule has 0 fully saturated rings. The molecule has 62 valence electrons. The van der Waals surface area contributed by atoms with Crippen molar-refractivity contribution in [2.45, 2.75) is 6.54 Å². The van der Waals surface area contributed by atoms with E-state index in [1.54, 1.807) is 22.8 Å². The summed E-state index contributed by atoms with van der Waals surface area (Å²) in [7, 11) is 0. The molecule has 0 bridgehead atoms. The fourth-order valence-corrected chi connectivity index (χ4v) is 1.15. The Balaban J connectivity index is 2.67. The maximum absolute atomic E-state index is 5.75. The van der Waals surface area contributed by atoms with Gasteiger partial charge in [0.15, 0.2) is 11.5 Å². The van der Waals surface area contributed by atoms with Crippen molar-refractivity contribution in [3.05, 3.63) is 29.2 Å². The molecule has 0 aliphatic carbocycles. The van der Waals surface area contributed by atoms with Gasteiger partial charge in [-0.1, -0.05) is 11.6 Å². The van der Waals surface area contributed by atoms with Crippen molar-refractivity contribution in [3.63, 3.8) is 0 Å². The van der Waals surface area contributed by atoms with Crippen LogP contribution in [0.25, 0.3) is 5.65 Å². The summed E-state index contributed by atoms with van der Waals surface area (Å²) in [5.41, 5.74) is 6.14. The first kappa shape index (κ1) is 7.52. The van der Waals surface area contributed by atoms with E-state index in [9.17, 15) is 0 Å². The third-order valence-corrected chi connectivity index (χ3v) is 1.74. The van der Waals surface area contributed by atoms with Gasteiger partial charge in [0, 0.05) is 6.20 Å². The van der Waals surface area contributed by atoms with Gasteiger partial charge >= 0.3 is 0 Å². The Morgan fingerprint density at radius 2 is 2.33 bits per heavy atom. The van der Waals surface area contributed by atoms with Crippen LogP contribution in [0.5, 0.6) is 0 Å². The second-order valence-electron chi connectivity index (χ2n) is 2.38. The van der Waals surface area contributed by atoms with Crippen LogP contribution in [0.1, 0.15) is 5.82 Å². The van der Waals surface area contributed by atoms with Gasteiger partial charge in [0.1, 0.15) is 0 Å². The van der Waals surface area contributed by atoms with Gasteiger partial charge in [-0.15, -0.1) is 5.10 Å². The van der Waals surface area contributed by atoms with E-state index in [2.05, 4.69) is 10.1 Å². The van der Waals surface area contributed by atoms with Crippen LogP contribution in [0, 0.1) is 0 Å². The standard InChI is InChI=1S/C7H7ClN4/c8-5-1-2-7-10-6(3-9)11-12(7)4-5/h1-2,4H,3,9H2. The molecule has 2 aromatic heterocycles. The molecule has 5 heteroatoms. The second kappa shape index (κ2) is 2.73. The molecular formula is C7H7ClN4. The minimum absolute atomic E-state index is 0.347. The fourth-order valence-electron chi connectivity index (χ4n) is 0.991. The first-order chi connectivity index (χ1) is 5.79. The van der Waals surface area contributed by atoms with Crippen molar-refractivity contribution >= 4 is 17.2 Å². The lowest BCUT2D eigenvalue weighted by molar-refractivity contribution is 0.869. The summed E-state index contributed by atoms with van der Waals surface area (Å²) in [5.74, 6) is 0.622. The van der Waals surface area contributed by atoms with E-state index in [0.717, 1.165) is 5.65 Å². The Morgan fingerprint density at radius 3 is 3.08 bits per heavy atom. The molecule has 0 spiro atoms. The van der Waals surface area contributed by atoms with Crippen molar-refractivity contribution in [3.8, 4) is 0 Å². The Kier molecular flexibility index (Phi) is 1.71. The number of halogens is 1. The van der Waals surface area contributed by atoms with Crippen LogP contribution >= 0.6 is 11.6 Å². The zero-order valence-corrected chi connectivity index (χ0v) is 6.99. The Morgan fingerprint density at radius 1 is 1.50 bits per heavy atom. The molecule has 12 heavy (non-hydrogen) atoms. The van der Waals surface area contributed by atoms with E-state index >= 15 is 0 Å². The molecule has 0 saturated carbocycles. The van der Waals surface area contributed by atoms with Crippen molar-refractivity contribution in [1.29, 1.82) is 0 Å². The second-order valence-corrected chi connectivity index (χ2v) is 2.82. The average molecular weight is 183 g/mol. The molecule has 0 aliphatic heterocycles. The number of rotatable bonds is 1. The quantitative estimate of drug-likeness (QED) is 0.711. The number of nitrogens with zero attached hydrogens (tertiary/aromatic N) is 3. The molecule has 0 radical (unpaired) electrons. The molecular weight excluding hydrogens is 176 g/mol. The van der Waals surface area contributed by atoms with Gasteiger partial charge in [0.25, 0.3) is 0 Å². The SMILES string of the molecule is NCc1nc2ccc(Cl)cn2n1. The number of fused-ring (bicyclic) bond motifs is 1. The zero-order valence-electron chi connectivity index (χ0n) is 6.24. The summed E-state index contributed by atoms with van der Waals surface area (Å²) in [5, 5.41) is 4.72. The first-order valence-electron chi connectivity index (χ1n) is 3.50. The normalized spacial score (nSPS) is 10.8. The van der Waals surface area contributed by atoms with E-state index < -0.39 is 0 Å². The third kappa shape index (κ3) is 1.15. The molecule has 0 saturated heterocycles. The number of nitrogens with two attached hydrogens (primary N) is 1. The van der Waals surface area contributed by atoms with Crippen LogP contribution in [0.2, 0.25) is 5.02 Å². The molecule has 0 aliphatic rings. The lowest BCUT2D eigenvalue weighted by Crippen LogP contribution is -1.98. The highest BCUT2D eigenvalue weighted by Crippen LogP contribution is 2.09. The predicted molar refractivity (Wildman–Crippen MR) is 45.9 cm³/mol. The molecule has 2 rings (SSSR count). The monoisotopic (exact) mass is 182 g/mol.